The highest BCUT2D eigenvalue weighted by atomic mass is 16.6. The van der Waals surface area contributed by atoms with Gasteiger partial charge in [-0.05, 0) is 43.8 Å². The van der Waals surface area contributed by atoms with Crippen LogP contribution in [0.1, 0.15) is 37.7 Å². The van der Waals surface area contributed by atoms with Gasteiger partial charge in [0.1, 0.15) is 0 Å². The van der Waals surface area contributed by atoms with Crippen molar-refractivity contribution in [1.82, 2.24) is 5.32 Å². The first-order valence-electron chi connectivity index (χ1n) is 7.20. The summed E-state index contributed by atoms with van der Waals surface area (Å²) in [4.78, 5) is 10.2. The number of benzene rings is 1. The molecule has 4 heteroatoms. The van der Waals surface area contributed by atoms with Crippen molar-refractivity contribution < 1.29 is 4.92 Å². The highest BCUT2D eigenvalue weighted by Crippen LogP contribution is 2.22. The van der Waals surface area contributed by atoms with Gasteiger partial charge < -0.3 is 5.32 Å². The first-order chi connectivity index (χ1) is 9.25. The predicted molar refractivity (Wildman–Crippen MR) is 76.2 cm³/mol. The molecule has 19 heavy (non-hydrogen) atoms. The van der Waals surface area contributed by atoms with Crippen LogP contribution in [0.4, 0.5) is 5.69 Å². The third kappa shape index (κ3) is 4.63. The molecule has 0 bridgehead atoms. The Morgan fingerprint density at radius 1 is 1.16 bits per heavy atom. The molecule has 0 saturated heterocycles. The lowest BCUT2D eigenvalue weighted by molar-refractivity contribution is -0.384. The van der Waals surface area contributed by atoms with Crippen molar-refractivity contribution in [2.24, 2.45) is 5.92 Å². The Labute approximate surface area is 114 Å². The Morgan fingerprint density at radius 3 is 2.47 bits per heavy atom. The van der Waals surface area contributed by atoms with Crippen LogP contribution in [0.5, 0.6) is 0 Å². The standard InChI is InChI=1S/C15H22N2O2/c18-17(19)15-8-6-13(7-9-15)10-11-16-12-14-4-2-1-3-5-14/h6-9,14,16H,1-5,10-12H2. The number of rotatable bonds is 6. The van der Waals surface area contributed by atoms with Gasteiger partial charge in [-0.15, -0.1) is 0 Å². The molecular weight excluding hydrogens is 240 g/mol. The van der Waals surface area contributed by atoms with E-state index in [-0.39, 0.29) is 10.6 Å². The van der Waals surface area contributed by atoms with Gasteiger partial charge in [0.25, 0.3) is 5.69 Å². The number of nitrogens with one attached hydrogen (secondary N) is 1. The summed E-state index contributed by atoms with van der Waals surface area (Å²) < 4.78 is 0. The van der Waals surface area contributed by atoms with Crippen LogP contribution in [0.15, 0.2) is 24.3 Å². The average Bonchev–Trinajstić information content (AvgIpc) is 2.45. The molecule has 4 nitrogen and oxygen atoms in total. The first-order valence-corrected chi connectivity index (χ1v) is 7.20. The van der Waals surface area contributed by atoms with Crippen LogP contribution in [0.2, 0.25) is 0 Å². The fourth-order valence-corrected chi connectivity index (χ4v) is 2.71. The largest absolute Gasteiger partial charge is 0.316 e. The van der Waals surface area contributed by atoms with Gasteiger partial charge >= 0.3 is 0 Å². The first kappa shape index (κ1) is 14.0. The zero-order chi connectivity index (χ0) is 13.5. The molecule has 1 fully saturated rings. The van der Waals surface area contributed by atoms with Crippen LogP contribution < -0.4 is 5.32 Å². The van der Waals surface area contributed by atoms with Crippen molar-refractivity contribution >= 4 is 5.69 Å². The second-order valence-electron chi connectivity index (χ2n) is 5.38. The molecule has 1 aliphatic rings. The molecule has 0 unspecified atom stereocenters. The molecule has 1 aliphatic carbocycles. The van der Waals surface area contributed by atoms with Crippen LogP contribution in [0.3, 0.4) is 0 Å². The van der Waals surface area contributed by atoms with Gasteiger partial charge in [-0.3, -0.25) is 10.1 Å². The second-order valence-corrected chi connectivity index (χ2v) is 5.38. The summed E-state index contributed by atoms with van der Waals surface area (Å²) in [6.07, 6.45) is 7.84. The van der Waals surface area contributed by atoms with E-state index in [0.717, 1.165) is 31.0 Å². The molecule has 0 aliphatic heterocycles. The molecule has 0 aromatic heterocycles. The lowest BCUT2D eigenvalue weighted by Gasteiger charge is -2.21. The van der Waals surface area contributed by atoms with Gasteiger partial charge in [0.2, 0.25) is 0 Å². The molecule has 0 radical (unpaired) electrons. The molecule has 1 saturated carbocycles. The van der Waals surface area contributed by atoms with Gasteiger partial charge in [0.15, 0.2) is 0 Å². The summed E-state index contributed by atoms with van der Waals surface area (Å²) in [6, 6.07) is 6.85. The maximum absolute atomic E-state index is 10.5. The van der Waals surface area contributed by atoms with E-state index in [1.807, 2.05) is 12.1 Å². The highest BCUT2D eigenvalue weighted by molar-refractivity contribution is 5.32. The maximum atomic E-state index is 10.5. The number of nitrogens with zero attached hydrogens (tertiary/aromatic N) is 1. The van der Waals surface area contributed by atoms with Crippen molar-refractivity contribution in [2.45, 2.75) is 38.5 Å². The Balaban J connectivity index is 1.66. The van der Waals surface area contributed by atoms with Gasteiger partial charge in [-0.1, -0.05) is 31.4 Å². The summed E-state index contributed by atoms with van der Waals surface area (Å²) in [5, 5.41) is 14.0. The number of hydrogen-bond acceptors (Lipinski definition) is 3. The third-order valence-corrected chi connectivity index (χ3v) is 3.90. The minimum Gasteiger partial charge on any atom is -0.316 e. The molecule has 1 N–H and O–H groups in total. The van der Waals surface area contributed by atoms with E-state index in [2.05, 4.69) is 5.32 Å². The summed E-state index contributed by atoms with van der Waals surface area (Å²) in [6.45, 7) is 2.07. The van der Waals surface area contributed by atoms with E-state index in [4.69, 9.17) is 0 Å². The Morgan fingerprint density at radius 2 is 1.84 bits per heavy atom. The third-order valence-electron chi connectivity index (χ3n) is 3.90. The molecule has 0 amide bonds. The maximum Gasteiger partial charge on any atom is 0.269 e. The fraction of sp³-hybridized carbons (Fsp3) is 0.600. The van der Waals surface area contributed by atoms with Crippen molar-refractivity contribution in [3.8, 4) is 0 Å². The van der Waals surface area contributed by atoms with Crippen molar-refractivity contribution in [3.63, 3.8) is 0 Å². The quantitative estimate of drug-likeness (QED) is 0.486. The zero-order valence-corrected chi connectivity index (χ0v) is 11.3. The lowest BCUT2D eigenvalue weighted by atomic mass is 9.89. The van der Waals surface area contributed by atoms with Gasteiger partial charge in [-0.2, -0.15) is 0 Å². The predicted octanol–water partition coefficient (Wildman–Crippen LogP) is 3.31. The average molecular weight is 262 g/mol. The normalized spacial score (nSPS) is 16.4. The molecule has 1 aromatic carbocycles. The van der Waals surface area contributed by atoms with Crippen LogP contribution in [0.25, 0.3) is 0 Å². The topological polar surface area (TPSA) is 55.2 Å². The zero-order valence-electron chi connectivity index (χ0n) is 11.3. The van der Waals surface area contributed by atoms with E-state index in [1.54, 1.807) is 12.1 Å². The van der Waals surface area contributed by atoms with E-state index >= 15 is 0 Å². The van der Waals surface area contributed by atoms with E-state index in [9.17, 15) is 10.1 Å². The molecule has 0 heterocycles. The molecule has 0 atom stereocenters. The lowest BCUT2D eigenvalue weighted by Crippen LogP contribution is -2.26. The van der Waals surface area contributed by atoms with E-state index < -0.39 is 0 Å². The minimum atomic E-state index is -0.356. The SMILES string of the molecule is O=[N+]([O-])c1ccc(CCNCC2CCCCC2)cc1. The molecule has 1 aromatic rings. The number of nitro groups is 1. The van der Waals surface area contributed by atoms with Gasteiger partial charge in [-0.25, -0.2) is 0 Å². The van der Waals surface area contributed by atoms with Crippen molar-refractivity contribution in [3.05, 3.63) is 39.9 Å². The summed E-state index contributed by atoms with van der Waals surface area (Å²) in [5.41, 5.74) is 1.32. The molecule has 2 rings (SSSR count). The minimum absolute atomic E-state index is 0.166. The van der Waals surface area contributed by atoms with Crippen LogP contribution in [-0.4, -0.2) is 18.0 Å². The van der Waals surface area contributed by atoms with E-state index in [1.165, 1.54) is 32.1 Å². The monoisotopic (exact) mass is 262 g/mol. The Kier molecular flexibility index (Phi) is 5.33. The number of nitro benzene ring substituents is 1. The summed E-state index contributed by atoms with van der Waals surface area (Å²) in [5.74, 6) is 0.852. The molecule has 104 valence electrons. The smallest absolute Gasteiger partial charge is 0.269 e. The summed E-state index contributed by atoms with van der Waals surface area (Å²) >= 11 is 0. The van der Waals surface area contributed by atoms with Crippen LogP contribution in [0, 0.1) is 16.0 Å². The van der Waals surface area contributed by atoms with Gasteiger partial charge in [0, 0.05) is 12.1 Å². The fourth-order valence-electron chi connectivity index (χ4n) is 2.71. The number of non-ortho nitro benzene ring substituents is 1. The second kappa shape index (κ2) is 7.24. The van der Waals surface area contributed by atoms with E-state index in [0.29, 0.717) is 0 Å². The Hall–Kier alpha value is -1.42. The van der Waals surface area contributed by atoms with Gasteiger partial charge in [0.05, 0.1) is 4.92 Å². The Bertz CT molecular complexity index is 397. The molecular formula is C15H22N2O2. The molecule has 0 spiro atoms. The van der Waals surface area contributed by atoms with Crippen molar-refractivity contribution in [1.29, 1.82) is 0 Å². The summed E-state index contributed by atoms with van der Waals surface area (Å²) in [7, 11) is 0. The van der Waals surface area contributed by atoms with Crippen LogP contribution in [-0.2, 0) is 6.42 Å². The highest BCUT2D eigenvalue weighted by Gasteiger charge is 2.12. The van der Waals surface area contributed by atoms with Crippen LogP contribution >= 0.6 is 0 Å². The number of hydrogen-bond donors (Lipinski definition) is 1. The van der Waals surface area contributed by atoms with Crippen molar-refractivity contribution in [2.75, 3.05) is 13.1 Å².